The topological polar surface area (TPSA) is 125 Å². The van der Waals surface area contributed by atoms with Crippen molar-refractivity contribution in [3.63, 3.8) is 0 Å². The van der Waals surface area contributed by atoms with E-state index in [4.69, 9.17) is 4.42 Å². The van der Waals surface area contributed by atoms with Crippen LogP contribution in [0.15, 0.2) is 80.8 Å². The molecule has 32 heavy (non-hydrogen) atoms. The normalized spacial score (nSPS) is 11.4. The number of amides is 1. The van der Waals surface area contributed by atoms with E-state index in [1.165, 1.54) is 24.3 Å². The molecule has 0 spiro atoms. The van der Waals surface area contributed by atoms with Crippen LogP contribution in [0, 0.1) is 6.92 Å². The predicted octanol–water partition coefficient (Wildman–Crippen LogP) is 2.56. The van der Waals surface area contributed by atoms with Crippen LogP contribution >= 0.6 is 11.3 Å². The molecule has 10 heteroatoms. The van der Waals surface area contributed by atoms with Gasteiger partial charge < -0.3 is 14.3 Å². The summed E-state index contributed by atoms with van der Waals surface area (Å²) in [5.41, 5.74) is 0.807. The largest absolute Gasteiger partial charge is 0.545 e. The molecule has 1 heterocycles. The number of fused-ring (bicyclic) bond motifs is 1. The van der Waals surface area contributed by atoms with E-state index in [2.05, 4.69) is 0 Å². The highest BCUT2D eigenvalue weighted by molar-refractivity contribution is 7.93. The number of carboxylic acid groups (broad SMARTS) is 1. The van der Waals surface area contributed by atoms with Gasteiger partial charge in [-0.3, -0.25) is 4.79 Å². The summed E-state index contributed by atoms with van der Waals surface area (Å²) in [6, 6.07) is 15.0. The number of carboxylic acids is 1. The third-order valence-electron chi connectivity index (χ3n) is 4.74. The Labute approximate surface area is 186 Å². The fourth-order valence-electron chi connectivity index (χ4n) is 3.14. The zero-order valence-corrected chi connectivity index (χ0v) is 18.1. The Morgan fingerprint density at radius 2 is 1.69 bits per heavy atom. The van der Waals surface area contributed by atoms with E-state index < -0.39 is 26.8 Å². The Morgan fingerprint density at radius 3 is 2.34 bits per heavy atom. The van der Waals surface area contributed by atoms with Gasteiger partial charge in [-0.1, -0.05) is 41.7 Å². The molecule has 0 N–H and O–H groups in total. The Morgan fingerprint density at radius 1 is 1.00 bits per heavy atom. The van der Waals surface area contributed by atoms with E-state index in [-0.39, 0.29) is 27.3 Å². The summed E-state index contributed by atoms with van der Waals surface area (Å²) in [4.78, 5) is 35.2. The number of benzene rings is 3. The van der Waals surface area contributed by atoms with Crippen molar-refractivity contribution in [1.82, 2.24) is 0 Å². The molecule has 8 nitrogen and oxygen atoms in total. The van der Waals surface area contributed by atoms with Crippen LogP contribution < -0.4 is 14.4 Å². The van der Waals surface area contributed by atoms with E-state index >= 15 is 0 Å². The van der Waals surface area contributed by atoms with Gasteiger partial charge in [-0.05, 0) is 54.4 Å². The number of hydrogen-bond donors (Lipinski definition) is 0. The van der Waals surface area contributed by atoms with E-state index in [0.717, 1.165) is 35.6 Å². The minimum atomic E-state index is -4.46. The molecule has 0 aliphatic rings. The molecule has 1 aromatic heterocycles. The lowest BCUT2D eigenvalue weighted by molar-refractivity contribution is -0.255. The highest BCUT2D eigenvalue weighted by Gasteiger charge is 2.33. The molecule has 4 rings (SSSR count). The number of sulfonamides is 1. The zero-order chi connectivity index (χ0) is 23.0. The van der Waals surface area contributed by atoms with Gasteiger partial charge in [-0.15, -0.1) is 0 Å². The molecular weight excluding hydrogens is 454 g/mol. The van der Waals surface area contributed by atoms with Crippen LogP contribution in [0.5, 0.6) is 0 Å². The number of anilines is 1. The molecule has 0 atom stereocenters. The molecule has 3 aromatic carbocycles. The summed E-state index contributed by atoms with van der Waals surface area (Å²) >= 11 is 0.779. The maximum Gasteiger partial charge on any atom is 0.396 e. The second-order valence-corrected chi connectivity index (χ2v) is 9.55. The van der Waals surface area contributed by atoms with Crippen LogP contribution in [0.3, 0.4) is 0 Å². The van der Waals surface area contributed by atoms with Gasteiger partial charge in [-0.25, -0.2) is 13.2 Å². The molecule has 4 aromatic rings. The van der Waals surface area contributed by atoms with Crippen molar-refractivity contribution in [3.8, 4) is 0 Å². The van der Waals surface area contributed by atoms with Crippen molar-refractivity contribution in [3.05, 3.63) is 93.2 Å². The molecule has 0 saturated heterocycles. The van der Waals surface area contributed by atoms with Crippen molar-refractivity contribution in [1.29, 1.82) is 0 Å². The van der Waals surface area contributed by atoms with Gasteiger partial charge in [0.25, 0.3) is 15.9 Å². The summed E-state index contributed by atoms with van der Waals surface area (Å²) < 4.78 is 33.1. The number of rotatable bonds is 5. The lowest BCUT2D eigenvalue weighted by Gasteiger charge is -2.23. The van der Waals surface area contributed by atoms with Crippen molar-refractivity contribution < 1.29 is 27.5 Å². The molecule has 1 amide bonds. The smallest absolute Gasteiger partial charge is 0.396 e. The number of aryl methyl sites for hydroxylation is 1. The highest BCUT2D eigenvalue weighted by Crippen LogP contribution is 2.30. The zero-order valence-electron chi connectivity index (χ0n) is 16.5. The molecule has 0 unspecified atom stereocenters. The number of carbonyl (C=O) groups excluding carboxylic acids is 2. The predicted molar refractivity (Wildman–Crippen MR) is 116 cm³/mol. The van der Waals surface area contributed by atoms with Crippen molar-refractivity contribution in [2.24, 2.45) is 0 Å². The third-order valence-corrected chi connectivity index (χ3v) is 7.25. The Kier molecular flexibility index (Phi) is 5.41. The fourth-order valence-corrected chi connectivity index (χ4v) is 5.24. The molecule has 0 aliphatic heterocycles. The lowest BCUT2D eigenvalue weighted by Crippen LogP contribution is -2.37. The number of nitrogens with zero attached hydrogens (tertiary/aromatic N) is 1. The van der Waals surface area contributed by atoms with E-state index in [0.29, 0.717) is 14.6 Å². The minimum absolute atomic E-state index is 0.00628. The van der Waals surface area contributed by atoms with Gasteiger partial charge in [0, 0.05) is 5.56 Å². The molecule has 0 aliphatic carbocycles. The van der Waals surface area contributed by atoms with Crippen molar-refractivity contribution in [2.75, 3.05) is 4.31 Å². The molecule has 162 valence electrons. The standard InChI is InChI=1S/C22H15NO7S2/c1-13-4-2-3-5-17(13)20(24)23(15-8-11-18-19(12-15)31-22(27)30-18)32(28,29)16-9-6-14(7-10-16)21(25)26/h2-12H,1H3,(H,25,26)/p-1. The molecule has 0 fully saturated rings. The number of hydrogen-bond acceptors (Lipinski definition) is 8. The third kappa shape index (κ3) is 3.81. The fraction of sp³-hybridized carbons (Fsp3) is 0.0455. The first-order valence-electron chi connectivity index (χ1n) is 9.19. The lowest BCUT2D eigenvalue weighted by atomic mass is 10.1. The van der Waals surface area contributed by atoms with Crippen molar-refractivity contribution >= 4 is 49.2 Å². The average Bonchev–Trinajstić information content (AvgIpc) is 3.13. The van der Waals surface area contributed by atoms with Crippen LogP contribution in [0.25, 0.3) is 10.3 Å². The summed E-state index contributed by atoms with van der Waals surface area (Å²) in [6.07, 6.45) is 0. The van der Waals surface area contributed by atoms with Crippen LogP contribution in [0.4, 0.5) is 5.69 Å². The first kappa shape index (κ1) is 21.5. The minimum Gasteiger partial charge on any atom is -0.545 e. The Hall–Kier alpha value is -3.76. The monoisotopic (exact) mass is 468 g/mol. The molecule has 0 bridgehead atoms. The summed E-state index contributed by atoms with van der Waals surface area (Å²) in [5.74, 6) is -2.26. The summed E-state index contributed by atoms with van der Waals surface area (Å²) in [6.45, 7) is 1.68. The summed E-state index contributed by atoms with van der Waals surface area (Å²) in [7, 11) is -4.46. The summed E-state index contributed by atoms with van der Waals surface area (Å²) in [5, 5.41) is 11.0. The Bertz CT molecular complexity index is 1520. The van der Waals surface area contributed by atoms with Gasteiger partial charge in [0.05, 0.1) is 21.3 Å². The second kappa shape index (κ2) is 8.06. The first-order chi connectivity index (χ1) is 15.2. The number of aromatic carboxylic acids is 1. The maximum absolute atomic E-state index is 13.5. The Balaban J connectivity index is 1.91. The maximum atomic E-state index is 13.5. The van der Waals surface area contributed by atoms with E-state index in [9.17, 15) is 27.9 Å². The van der Waals surface area contributed by atoms with Gasteiger partial charge in [0.1, 0.15) is 5.58 Å². The van der Waals surface area contributed by atoms with Gasteiger partial charge in [0.2, 0.25) is 0 Å². The number of carbonyl (C=O) groups is 2. The second-order valence-electron chi connectivity index (χ2n) is 6.79. The molecular formula is C22H14NO7S2-. The van der Waals surface area contributed by atoms with E-state index in [1.54, 1.807) is 25.1 Å². The first-order valence-corrected chi connectivity index (χ1v) is 11.4. The quantitative estimate of drug-likeness (QED) is 0.441. The van der Waals surface area contributed by atoms with Crippen LogP contribution in [0.2, 0.25) is 0 Å². The van der Waals surface area contributed by atoms with Crippen molar-refractivity contribution in [2.45, 2.75) is 11.8 Å². The van der Waals surface area contributed by atoms with Crippen LogP contribution in [-0.4, -0.2) is 20.3 Å². The van der Waals surface area contributed by atoms with Crippen LogP contribution in [0.1, 0.15) is 26.3 Å². The molecule has 0 saturated carbocycles. The van der Waals surface area contributed by atoms with E-state index in [1.807, 2.05) is 0 Å². The van der Waals surface area contributed by atoms with Gasteiger partial charge >= 0.3 is 4.94 Å². The highest BCUT2D eigenvalue weighted by atomic mass is 32.2. The average molecular weight is 468 g/mol. The van der Waals surface area contributed by atoms with Gasteiger partial charge in [0.15, 0.2) is 0 Å². The SMILES string of the molecule is Cc1ccccc1C(=O)N(c1ccc2oc(=O)sc2c1)S(=O)(=O)c1ccc(C(=O)[O-])cc1. The van der Waals surface area contributed by atoms with Crippen LogP contribution in [-0.2, 0) is 10.0 Å². The molecule has 0 radical (unpaired) electrons. The van der Waals surface area contributed by atoms with Gasteiger partial charge in [-0.2, -0.15) is 4.31 Å².